The van der Waals surface area contributed by atoms with Gasteiger partial charge in [-0.15, -0.1) is 0 Å². The van der Waals surface area contributed by atoms with Crippen LogP contribution in [-0.2, 0) is 12.8 Å². The molecule has 0 fully saturated rings. The Morgan fingerprint density at radius 3 is 1.46 bits per heavy atom. The number of halogens is 5. The Morgan fingerprint density at radius 2 is 1.00 bits per heavy atom. The molecule has 8 aromatic rings. The van der Waals surface area contributed by atoms with Crippen molar-refractivity contribution in [1.29, 1.82) is 0 Å². The first-order valence-electron chi connectivity index (χ1n) is 18.7. The van der Waals surface area contributed by atoms with Gasteiger partial charge >= 0.3 is 0 Å². The second kappa shape index (κ2) is 18.5. The number of nitrogens with zero attached hydrogens (tertiary/aromatic N) is 2. The maximum atomic E-state index is 12.9. The molecule has 0 saturated heterocycles. The van der Waals surface area contributed by atoms with Gasteiger partial charge in [-0.25, -0.2) is 14.4 Å². The van der Waals surface area contributed by atoms with Crippen LogP contribution in [-0.4, -0.2) is 44.8 Å². The first-order valence-corrected chi connectivity index (χ1v) is 20.2. The molecule has 0 aliphatic carbocycles. The van der Waals surface area contributed by atoms with Crippen molar-refractivity contribution in [3.8, 4) is 22.8 Å². The zero-order valence-corrected chi connectivity index (χ0v) is 34.9. The molecule has 8 nitrogen and oxygen atoms in total. The zero-order valence-electron chi connectivity index (χ0n) is 31.9. The van der Waals surface area contributed by atoms with Crippen LogP contribution >= 0.6 is 46.4 Å². The van der Waals surface area contributed by atoms with E-state index in [4.69, 9.17) is 46.4 Å². The summed E-state index contributed by atoms with van der Waals surface area (Å²) in [5.41, 5.74) is 9.97. The lowest BCUT2D eigenvalue weighted by molar-refractivity contribution is 0.0946. The number of aromatic nitrogens is 4. The van der Waals surface area contributed by atoms with Crippen LogP contribution in [0.2, 0.25) is 20.1 Å². The number of imidazole rings is 2. The number of amides is 2. The van der Waals surface area contributed by atoms with E-state index >= 15 is 0 Å². The molecule has 59 heavy (non-hydrogen) atoms. The van der Waals surface area contributed by atoms with Crippen molar-refractivity contribution in [2.75, 3.05) is 13.1 Å². The van der Waals surface area contributed by atoms with Crippen LogP contribution in [0, 0.1) is 19.7 Å². The number of H-pyrrole nitrogens is 2. The highest BCUT2D eigenvalue weighted by Crippen LogP contribution is 2.35. The minimum Gasteiger partial charge on any atom is -0.352 e. The molecular formula is C46H37Cl4FN6O2. The smallest absolute Gasteiger partial charge is 0.251 e. The normalized spacial score (nSPS) is 11.0. The number of carbonyl (C=O) groups excluding carboxylic acids is 2. The van der Waals surface area contributed by atoms with Gasteiger partial charge in [0.15, 0.2) is 0 Å². The van der Waals surface area contributed by atoms with E-state index in [-0.39, 0.29) is 17.6 Å². The van der Waals surface area contributed by atoms with E-state index in [0.717, 1.165) is 23.0 Å². The third kappa shape index (κ3) is 9.95. The summed E-state index contributed by atoms with van der Waals surface area (Å²) in [6.07, 6.45) is 1.40. The lowest BCUT2D eigenvalue weighted by Crippen LogP contribution is -2.25. The second-order valence-electron chi connectivity index (χ2n) is 13.9. The quantitative estimate of drug-likeness (QED) is 0.110. The van der Waals surface area contributed by atoms with Crippen molar-refractivity contribution in [3.05, 3.63) is 175 Å². The molecule has 13 heteroatoms. The van der Waals surface area contributed by atoms with E-state index in [9.17, 15) is 14.0 Å². The fourth-order valence-corrected chi connectivity index (χ4v) is 7.59. The number of hydrogen-bond donors (Lipinski definition) is 4. The molecule has 0 aliphatic rings. The van der Waals surface area contributed by atoms with Gasteiger partial charge in [-0.3, -0.25) is 9.59 Å². The maximum Gasteiger partial charge on any atom is 0.251 e. The highest BCUT2D eigenvalue weighted by atomic mass is 35.5. The summed E-state index contributed by atoms with van der Waals surface area (Å²) < 4.78 is 12.9. The van der Waals surface area contributed by atoms with Crippen LogP contribution in [0.4, 0.5) is 4.39 Å². The highest BCUT2D eigenvalue weighted by molar-refractivity contribution is 6.39. The van der Waals surface area contributed by atoms with Crippen molar-refractivity contribution in [1.82, 2.24) is 30.6 Å². The standard InChI is InChI=1S/C24H21Cl2N3O.C22H16Cl2FN3O/c1-14-6-7-16(12-15(14)2)10-11-27-24(30)17-8-9-20-21(13-17)29-23(28-20)22-18(25)4-3-5-19(22)26;23-16-2-1-3-17(24)20(16)21-27-18-9-6-14(12-19(18)28-21)22(29)26-11-10-13-4-7-15(25)8-5-13/h3-9,12-13H,10-11H2,1-2H3,(H,27,30)(H,28,29);1-9,12H,10-11H2,(H,26,29)(H,27,28). The van der Waals surface area contributed by atoms with E-state index in [2.05, 4.69) is 62.6 Å². The third-order valence-corrected chi connectivity index (χ3v) is 11.0. The molecule has 6 aromatic carbocycles. The maximum absolute atomic E-state index is 12.9. The third-order valence-electron chi connectivity index (χ3n) is 9.77. The Balaban J connectivity index is 0.000000179. The summed E-state index contributed by atoms with van der Waals surface area (Å²) in [7, 11) is 0. The number of carbonyl (C=O) groups is 2. The van der Waals surface area contributed by atoms with Gasteiger partial charge < -0.3 is 20.6 Å². The Labute approximate surface area is 360 Å². The van der Waals surface area contributed by atoms with Crippen molar-refractivity contribution < 1.29 is 14.0 Å². The van der Waals surface area contributed by atoms with Crippen molar-refractivity contribution in [2.24, 2.45) is 0 Å². The number of nitrogens with one attached hydrogen (secondary N) is 4. The summed E-state index contributed by atoms with van der Waals surface area (Å²) in [5, 5.41) is 7.89. The zero-order chi connectivity index (χ0) is 41.6. The molecule has 8 rings (SSSR count). The van der Waals surface area contributed by atoms with E-state index in [1.54, 1.807) is 78.9 Å². The second-order valence-corrected chi connectivity index (χ2v) is 15.5. The fourth-order valence-electron chi connectivity index (χ4n) is 6.44. The van der Waals surface area contributed by atoms with Gasteiger partial charge in [0.05, 0.1) is 53.3 Å². The fraction of sp³-hybridized carbons (Fsp3) is 0.130. The first kappa shape index (κ1) is 41.4. The topological polar surface area (TPSA) is 116 Å². The van der Waals surface area contributed by atoms with E-state index in [1.165, 1.54) is 28.8 Å². The summed E-state index contributed by atoms with van der Waals surface area (Å²) in [4.78, 5) is 40.6. The molecule has 2 heterocycles. The average molecular weight is 867 g/mol. The van der Waals surface area contributed by atoms with E-state index in [0.29, 0.717) is 84.5 Å². The van der Waals surface area contributed by atoms with Crippen LogP contribution in [0.25, 0.3) is 44.8 Å². The van der Waals surface area contributed by atoms with Gasteiger partial charge in [0.2, 0.25) is 0 Å². The number of fused-ring (bicyclic) bond motifs is 2. The van der Waals surface area contributed by atoms with Crippen LogP contribution in [0.15, 0.2) is 115 Å². The van der Waals surface area contributed by atoms with Gasteiger partial charge in [-0.05, 0) is 122 Å². The predicted molar refractivity (Wildman–Crippen MR) is 237 cm³/mol. The van der Waals surface area contributed by atoms with Crippen molar-refractivity contribution in [2.45, 2.75) is 26.7 Å². The molecule has 0 atom stereocenters. The Hall–Kier alpha value is -5.71. The van der Waals surface area contributed by atoms with Crippen LogP contribution in [0.5, 0.6) is 0 Å². The van der Waals surface area contributed by atoms with Crippen LogP contribution < -0.4 is 10.6 Å². The largest absolute Gasteiger partial charge is 0.352 e. The predicted octanol–water partition coefficient (Wildman–Crippen LogP) is 11.8. The molecule has 4 N–H and O–H groups in total. The van der Waals surface area contributed by atoms with Crippen LogP contribution in [0.1, 0.15) is 43.0 Å². The Bertz CT molecular complexity index is 2780. The van der Waals surface area contributed by atoms with Gasteiger partial charge in [0.25, 0.3) is 11.8 Å². The summed E-state index contributed by atoms with van der Waals surface area (Å²) in [6.45, 7) is 5.22. The monoisotopic (exact) mass is 864 g/mol. The lowest BCUT2D eigenvalue weighted by atomic mass is 10.0. The molecule has 2 amide bonds. The number of benzene rings is 6. The summed E-state index contributed by atoms with van der Waals surface area (Å²) in [6, 6.07) is 33.8. The molecule has 0 radical (unpaired) electrons. The molecule has 0 saturated carbocycles. The van der Waals surface area contributed by atoms with E-state index in [1.807, 2.05) is 6.07 Å². The molecular weight excluding hydrogens is 829 g/mol. The molecule has 0 unspecified atom stereocenters. The van der Waals surface area contributed by atoms with Crippen LogP contribution in [0.3, 0.4) is 0 Å². The minimum absolute atomic E-state index is 0.118. The molecule has 0 spiro atoms. The number of rotatable bonds is 10. The summed E-state index contributed by atoms with van der Waals surface area (Å²) >= 11 is 25.1. The Kier molecular flexibility index (Phi) is 13.0. The molecule has 0 bridgehead atoms. The van der Waals surface area contributed by atoms with Crippen molar-refractivity contribution >= 4 is 80.3 Å². The first-order chi connectivity index (χ1) is 28.4. The van der Waals surface area contributed by atoms with Gasteiger partial charge in [-0.1, -0.05) is 88.9 Å². The van der Waals surface area contributed by atoms with E-state index < -0.39 is 0 Å². The van der Waals surface area contributed by atoms with Gasteiger partial charge in [-0.2, -0.15) is 0 Å². The highest BCUT2D eigenvalue weighted by Gasteiger charge is 2.16. The molecule has 2 aromatic heterocycles. The SMILES string of the molecule is Cc1ccc(CCNC(=O)c2ccc3nc(-c4c(Cl)cccc4Cl)[nH]c3c2)cc1C.O=C(NCCc1ccc(F)cc1)c1ccc2nc(-c3c(Cl)cccc3Cl)[nH]c2c1. The average Bonchev–Trinajstić information content (AvgIpc) is 3.83. The van der Waals surface area contributed by atoms with Gasteiger partial charge in [0, 0.05) is 24.2 Å². The molecule has 0 aliphatic heterocycles. The number of aryl methyl sites for hydroxylation is 2. The number of hydrogen-bond acceptors (Lipinski definition) is 4. The lowest BCUT2D eigenvalue weighted by Gasteiger charge is -2.07. The van der Waals surface area contributed by atoms with Crippen molar-refractivity contribution in [3.63, 3.8) is 0 Å². The number of aromatic amines is 2. The minimum atomic E-state index is -0.275. The van der Waals surface area contributed by atoms with Gasteiger partial charge in [0.1, 0.15) is 17.5 Å². The Morgan fingerprint density at radius 1 is 0.559 bits per heavy atom. The summed E-state index contributed by atoms with van der Waals surface area (Å²) in [5.74, 6) is 0.536. The molecule has 298 valence electrons.